The van der Waals surface area contributed by atoms with Crippen LogP contribution in [0.2, 0.25) is 0 Å². The third kappa shape index (κ3) is 14.4. The zero-order chi connectivity index (χ0) is 12.8. The van der Waals surface area contributed by atoms with Crippen LogP contribution in [0.5, 0.6) is 0 Å². The van der Waals surface area contributed by atoms with Crippen LogP contribution in [0.1, 0.15) is 46.0 Å². The van der Waals surface area contributed by atoms with Crippen molar-refractivity contribution in [1.82, 2.24) is 10.6 Å². The number of nitrogens with one attached hydrogen (secondary N) is 2. The molecule has 0 saturated carbocycles. The van der Waals surface area contributed by atoms with E-state index in [2.05, 4.69) is 35.7 Å². The third-order valence-corrected chi connectivity index (χ3v) is 3.14. The molecule has 2 N–H and O–H groups in total. The van der Waals surface area contributed by atoms with Gasteiger partial charge in [0.2, 0.25) is 0 Å². The van der Waals surface area contributed by atoms with Gasteiger partial charge in [-0.25, -0.2) is 0 Å². The largest absolute Gasteiger partial charge is 0.357 e. The summed E-state index contributed by atoms with van der Waals surface area (Å²) in [5.74, 6) is 2.24. The highest BCUT2D eigenvalue weighted by Crippen LogP contribution is 1.98. The Morgan fingerprint density at radius 1 is 1.06 bits per heavy atom. The van der Waals surface area contributed by atoms with Gasteiger partial charge in [-0.1, -0.05) is 19.8 Å². The van der Waals surface area contributed by atoms with Crippen molar-refractivity contribution < 1.29 is 0 Å². The van der Waals surface area contributed by atoms with Crippen molar-refractivity contribution in [2.45, 2.75) is 46.0 Å². The molecule has 0 aromatic heterocycles. The number of hydrogen-bond acceptors (Lipinski definition) is 2. The lowest BCUT2D eigenvalue weighted by Gasteiger charge is -2.10. The third-order valence-electron chi connectivity index (χ3n) is 2.44. The molecule has 3 nitrogen and oxygen atoms in total. The smallest absolute Gasteiger partial charge is 0.191 e. The van der Waals surface area contributed by atoms with Gasteiger partial charge in [-0.05, 0) is 38.2 Å². The van der Waals surface area contributed by atoms with Gasteiger partial charge in [-0.2, -0.15) is 11.8 Å². The highest BCUT2D eigenvalue weighted by atomic mass is 127. The van der Waals surface area contributed by atoms with Gasteiger partial charge < -0.3 is 10.6 Å². The molecule has 0 heterocycles. The topological polar surface area (TPSA) is 36.4 Å². The number of thioether (sulfide) groups is 1. The summed E-state index contributed by atoms with van der Waals surface area (Å²) in [6.45, 7) is 7.23. The van der Waals surface area contributed by atoms with Crippen LogP contribution in [0.3, 0.4) is 0 Å². The highest BCUT2D eigenvalue weighted by molar-refractivity contribution is 14.0. The predicted octanol–water partition coefficient (Wildman–Crippen LogP) is 3.49. The van der Waals surface area contributed by atoms with E-state index in [4.69, 9.17) is 0 Å². The lowest BCUT2D eigenvalue weighted by Crippen LogP contribution is -2.37. The molecular formula is C13H30IN3S. The Kier molecular flexibility index (Phi) is 19.9. The van der Waals surface area contributed by atoms with E-state index in [1.165, 1.54) is 37.9 Å². The zero-order valence-electron chi connectivity index (χ0n) is 12.1. The second-order valence-electron chi connectivity index (χ2n) is 4.09. The number of aliphatic imine (C=N–C) groups is 1. The molecule has 0 aliphatic rings. The van der Waals surface area contributed by atoms with Gasteiger partial charge in [-0.15, -0.1) is 24.0 Å². The molecule has 110 valence electrons. The summed E-state index contributed by atoms with van der Waals surface area (Å²) in [5, 5.41) is 6.67. The molecule has 0 saturated heterocycles. The fourth-order valence-corrected chi connectivity index (χ4v) is 1.97. The van der Waals surface area contributed by atoms with Crippen LogP contribution in [-0.4, -0.2) is 37.6 Å². The Bertz CT molecular complexity index is 189. The second-order valence-corrected chi connectivity index (χ2v) is 5.08. The Balaban J connectivity index is 0. The number of hydrogen-bond donors (Lipinski definition) is 2. The first-order valence-corrected chi connectivity index (χ1v) is 8.25. The first-order valence-electron chi connectivity index (χ1n) is 6.86. The van der Waals surface area contributed by atoms with Gasteiger partial charge in [-0.3, -0.25) is 4.99 Å². The van der Waals surface area contributed by atoms with E-state index in [1.54, 1.807) is 0 Å². The molecule has 0 unspecified atom stereocenters. The van der Waals surface area contributed by atoms with Crippen LogP contribution in [-0.2, 0) is 0 Å². The number of nitrogens with zero attached hydrogens (tertiary/aromatic N) is 1. The Labute approximate surface area is 134 Å². The average Bonchev–Trinajstić information content (AvgIpc) is 2.34. The minimum absolute atomic E-state index is 0. The normalized spacial score (nSPS) is 10.9. The fraction of sp³-hybridized carbons (Fsp3) is 0.923. The fourth-order valence-electron chi connectivity index (χ4n) is 1.47. The molecule has 0 aliphatic heterocycles. The quantitative estimate of drug-likeness (QED) is 0.261. The number of rotatable bonds is 10. The van der Waals surface area contributed by atoms with Gasteiger partial charge in [0, 0.05) is 19.6 Å². The monoisotopic (exact) mass is 387 g/mol. The average molecular weight is 387 g/mol. The summed E-state index contributed by atoms with van der Waals surface area (Å²) in [6.07, 6.45) is 8.39. The Morgan fingerprint density at radius 2 is 1.83 bits per heavy atom. The highest BCUT2D eigenvalue weighted by Gasteiger charge is 1.95. The Hall–Kier alpha value is 0.350. The zero-order valence-corrected chi connectivity index (χ0v) is 15.3. The summed E-state index contributed by atoms with van der Waals surface area (Å²) in [5.41, 5.74) is 0. The van der Waals surface area contributed by atoms with Gasteiger partial charge in [0.05, 0.1) is 0 Å². The molecule has 0 aromatic carbocycles. The molecule has 5 heteroatoms. The van der Waals surface area contributed by atoms with Crippen molar-refractivity contribution in [3.8, 4) is 0 Å². The van der Waals surface area contributed by atoms with Crippen LogP contribution >= 0.6 is 35.7 Å². The van der Waals surface area contributed by atoms with Crippen LogP contribution in [0.25, 0.3) is 0 Å². The number of unbranched alkanes of at least 4 members (excludes halogenated alkanes) is 3. The molecule has 0 bridgehead atoms. The minimum atomic E-state index is 0. The maximum absolute atomic E-state index is 4.56. The molecule has 0 atom stereocenters. The van der Waals surface area contributed by atoms with Crippen molar-refractivity contribution in [3.05, 3.63) is 0 Å². The Morgan fingerprint density at radius 3 is 2.44 bits per heavy atom. The van der Waals surface area contributed by atoms with E-state index < -0.39 is 0 Å². The van der Waals surface area contributed by atoms with Gasteiger partial charge in [0.25, 0.3) is 0 Å². The predicted molar refractivity (Wildman–Crippen MR) is 96.5 cm³/mol. The standard InChI is InChI=1S/C13H29N3S.HI/c1-4-6-7-10-15-13(14-5-2)16-11-8-9-12-17-3;/h4-12H2,1-3H3,(H2,14,15,16);1H. The maximum atomic E-state index is 4.56. The van der Waals surface area contributed by atoms with E-state index in [1.807, 2.05) is 11.8 Å². The lowest BCUT2D eigenvalue weighted by molar-refractivity contribution is 0.706. The summed E-state index contributed by atoms with van der Waals surface area (Å²) in [7, 11) is 0. The number of halogens is 1. The maximum Gasteiger partial charge on any atom is 0.191 e. The molecule has 0 fully saturated rings. The van der Waals surface area contributed by atoms with E-state index >= 15 is 0 Å². The molecule has 0 aromatic rings. The van der Waals surface area contributed by atoms with E-state index in [-0.39, 0.29) is 24.0 Å². The van der Waals surface area contributed by atoms with Crippen molar-refractivity contribution >= 4 is 41.7 Å². The lowest BCUT2D eigenvalue weighted by atomic mass is 10.2. The molecular weight excluding hydrogens is 357 g/mol. The van der Waals surface area contributed by atoms with Crippen LogP contribution in [0, 0.1) is 0 Å². The van der Waals surface area contributed by atoms with Gasteiger partial charge in [0.15, 0.2) is 5.96 Å². The van der Waals surface area contributed by atoms with Crippen molar-refractivity contribution in [3.63, 3.8) is 0 Å². The minimum Gasteiger partial charge on any atom is -0.357 e. The second kappa shape index (κ2) is 17.4. The molecule has 0 radical (unpaired) electrons. The summed E-state index contributed by atoms with van der Waals surface area (Å²) < 4.78 is 0. The SMILES string of the molecule is CCCCCN=C(NCC)NCCCCSC.I. The van der Waals surface area contributed by atoms with Gasteiger partial charge in [0.1, 0.15) is 0 Å². The van der Waals surface area contributed by atoms with Crippen molar-refractivity contribution in [1.29, 1.82) is 0 Å². The van der Waals surface area contributed by atoms with E-state index in [0.29, 0.717) is 0 Å². The first kappa shape index (κ1) is 20.7. The van der Waals surface area contributed by atoms with Crippen LogP contribution in [0.15, 0.2) is 4.99 Å². The van der Waals surface area contributed by atoms with Crippen LogP contribution in [0.4, 0.5) is 0 Å². The summed E-state index contributed by atoms with van der Waals surface area (Å²) in [4.78, 5) is 4.56. The molecule has 18 heavy (non-hydrogen) atoms. The van der Waals surface area contributed by atoms with E-state index in [0.717, 1.165) is 25.6 Å². The molecule has 0 rings (SSSR count). The van der Waals surface area contributed by atoms with Crippen LogP contribution < -0.4 is 10.6 Å². The molecule has 0 amide bonds. The first-order chi connectivity index (χ1) is 8.35. The molecule has 0 spiro atoms. The van der Waals surface area contributed by atoms with Crippen molar-refractivity contribution in [2.75, 3.05) is 31.6 Å². The van der Waals surface area contributed by atoms with Crippen molar-refractivity contribution in [2.24, 2.45) is 4.99 Å². The molecule has 0 aliphatic carbocycles. The summed E-state index contributed by atoms with van der Waals surface area (Å²) in [6, 6.07) is 0. The van der Waals surface area contributed by atoms with Gasteiger partial charge >= 0.3 is 0 Å². The van der Waals surface area contributed by atoms with E-state index in [9.17, 15) is 0 Å². The summed E-state index contributed by atoms with van der Waals surface area (Å²) >= 11 is 1.92. The number of guanidine groups is 1.